The van der Waals surface area contributed by atoms with E-state index in [1.54, 1.807) is 24.8 Å². The minimum Gasteiger partial charge on any atom is -0.261 e. The van der Waals surface area contributed by atoms with Gasteiger partial charge in [0.1, 0.15) is 0 Å². The van der Waals surface area contributed by atoms with Crippen molar-refractivity contribution in [2.24, 2.45) is 0 Å². The first-order valence-corrected chi connectivity index (χ1v) is 15.7. The van der Waals surface area contributed by atoms with Crippen LogP contribution in [-0.2, 0) is 22.2 Å². The second-order valence-corrected chi connectivity index (χ2v) is 16.6. The van der Waals surface area contributed by atoms with Crippen molar-refractivity contribution in [3.05, 3.63) is 144 Å². The van der Waals surface area contributed by atoms with Crippen molar-refractivity contribution in [3.8, 4) is 0 Å². The Kier molecular flexibility index (Phi) is 11.3. The summed E-state index contributed by atoms with van der Waals surface area (Å²) in [5.41, 5.74) is 6.64. The third kappa shape index (κ3) is 8.06. The fourth-order valence-corrected chi connectivity index (χ4v) is 9.37. The van der Waals surface area contributed by atoms with Crippen LogP contribution in [0, 0.1) is 6.42 Å². The van der Waals surface area contributed by atoms with E-state index in [4.69, 9.17) is 9.97 Å². The van der Waals surface area contributed by atoms with Crippen LogP contribution in [0.1, 0.15) is 52.9 Å². The van der Waals surface area contributed by atoms with Crippen LogP contribution in [0.4, 0.5) is 0 Å². The van der Waals surface area contributed by atoms with E-state index in [1.807, 2.05) is 42.7 Å². The molecule has 0 amide bonds. The molecule has 4 nitrogen and oxygen atoms in total. The molecule has 5 rings (SSSR count). The molecule has 1 aromatic carbocycles. The van der Waals surface area contributed by atoms with Crippen LogP contribution >= 0.6 is 17.2 Å². The molecule has 2 aliphatic carbocycles. The standard InChI is InChI=1S/C29H35N4P2.C5H5.Fe/c1-27(2,3)35(28(4,5)6)20-23-16-22(21-10-8-7-9-11-21)17-24(23)29(34,25-18-30-12-14-32-25)26-19-31-13-15-33-26;1-2-4-5-3-1;/h7-19H,20,34H2,1-6H3;1-5H;/q2*-1;+2. The Morgan fingerprint density at radius 3 is 1.80 bits per heavy atom. The molecule has 2 aromatic heterocycles. The topological polar surface area (TPSA) is 51.6 Å². The molecule has 3 aromatic rings. The van der Waals surface area contributed by atoms with Gasteiger partial charge in [0.05, 0.1) is 28.9 Å². The number of rotatable bonds is 5. The first-order valence-electron chi connectivity index (χ1n) is 13.6. The zero-order valence-corrected chi connectivity index (χ0v) is 27.9. The van der Waals surface area contributed by atoms with Gasteiger partial charge in [-0.15, -0.1) is 45.5 Å². The molecule has 0 aliphatic heterocycles. The molecule has 41 heavy (non-hydrogen) atoms. The normalized spacial score (nSPS) is 16.8. The zero-order chi connectivity index (χ0) is 28.8. The molecule has 0 radical (unpaired) electrons. The summed E-state index contributed by atoms with van der Waals surface area (Å²) in [5, 5.41) is -0.253. The van der Waals surface area contributed by atoms with E-state index in [0.717, 1.165) is 17.5 Å². The maximum atomic E-state index is 4.76. The fraction of sp³-hybridized carbons (Fsp3) is 0.294. The third-order valence-electron chi connectivity index (χ3n) is 6.95. The van der Waals surface area contributed by atoms with Crippen LogP contribution in [0.2, 0.25) is 0 Å². The summed E-state index contributed by atoms with van der Waals surface area (Å²) in [6, 6.07) is 10.0. The van der Waals surface area contributed by atoms with Crippen LogP contribution in [0.15, 0.2) is 126 Å². The minimum absolute atomic E-state index is 0. The molecule has 0 fully saturated rings. The molecular formula is C34H40FeN4P2. The van der Waals surface area contributed by atoms with E-state index < -0.39 is 5.16 Å². The molecule has 1 atom stereocenters. The van der Waals surface area contributed by atoms with E-state index in [0.29, 0.717) is 0 Å². The summed E-state index contributed by atoms with van der Waals surface area (Å²) in [7, 11) is 2.71. The van der Waals surface area contributed by atoms with E-state index >= 15 is 0 Å². The smallest absolute Gasteiger partial charge is 0.261 e. The van der Waals surface area contributed by atoms with E-state index in [9.17, 15) is 0 Å². The van der Waals surface area contributed by atoms with Gasteiger partial charge < -0.3 is 0 Å². The average molecular weight is 623 g/mol. The third-order valence-corrected chi connectivity index (χ3v) is 11.7. The van der Waals surface area contributed by atoms with Gasteiger partial charge >= 0.3 is 17.1 Å². The molecule has 2 heterocycles. The predicted octanol–water partition coefficient (Wildman–Crippen LogP) is 8.36. The van der Waals surface area contributed by atoms with Crippen LogP contribution in [0.5, 0.6) is 0 Å². The van der Waals surface area contributed by atoms with Gasteiger partial charge in [-0.05, 0) is 27.6 Å². The van der Waals surface area contributed by atoms with Gasteiger partial charge in [0.15, 0.2) is 0 Å². The molecule has 0 bridgehead atoms. The molecule has 7 heteroatoms. The Morgan fingerprint density at radius 2 is 1.39 bits per heavy atom. The molecule has 0 saturated heterocycles. The second kappa shape index (κ2) is 14.1. The molecule has 0 saturated carbocycles. The molecule has 0 N–H and O–H groups in total. The quantitative estimate of drug-likeness (QED) is 0.163. The monoisotopic (exact) mass is 622 g/mol. The second-order valence-electron chi connectivity index (χ2n) is 11.9. The Balaban J connectivity index is 0.000000696. The predicted molar refractivity (Wildman–Crippen MR) is 174 cm³/mol. The Morgan fingerprint density at radius 1 is 0.805 bits per heavy atom. The SMILES string of the molecule is CC(C)(C)P(CC1=CC(=C2C=CC=C[CH-]2)C=C1C(P)(c1cnccn1)c1cnccn1)C(C)(C)C.[Fe+2].c1cc[cH-]c1. The summed E-state index contributed by atoms with van der Waals surface area (Å²) in [6.45, 7) is 14.3. The van der Waals surface area contributed by atoms with Crippen molar-refractivity contribution in [3.63, 3.8) is 0 Å². The molecular weight excluding hydrogens is 582 g/mol. The van der Waals surface area contributed by atoms with E-state index in [2.05, 4.69) is 104 Å². The summed E-state index contributed by atoms with van der Waals surface area (Å²) in [5.74, 6) is 0. The Hall–Kier alpha value is -2.54. The van der Waals surface area contributed by atoms with Gasteiger partial charge in [-0.3, -0.25) is 19.9 Å². The Labute approximate surface area is 260 Å². The van der Waals surface area contributed by atoms with Crippen LogP contribution in [0.25, 0.3) is 0 Å². The zero-order valence-electron chi connectivity index (χ0n) is 24.8. The van der Waals surface area contributed by atoms with Gasteiger partial charge in [0.25, 0.3) is 0 Å². The molecule has 1 unspecified atom stereocenters. The van der Waals surface area contributed by atoms with Crippen molar-refractivity contribution < 1.29 is 17.1 Å². The van der Waals surface area contributed by atoms with Crippen molar-refractivity contribution in [2.45, 2.75) is 57.0 Å². The van der Waals surface area contributed by atoms with Crippen LogP contribution in [0.3, 0.4) is 0 Å². The summed E-state index contributed by atoms with van der Waals surface area (Å²) in [4.78, 5) is 18.3. The molecule has 214 valence electrons. The summed E-state index contributed by atoms with van der Waals surface area (Å²) >= 11 is 0. The Bertz CT molecular complexity index is 1340. The van der Waals surface area contributed by atoms with E-state index in [1.165, 1.54) is 22.3 Å². The average Bonchev–Trinajstić information content (AvgIpc) is 3.66. The van der Waals surface area contributed by atoms with Crippen LogP contribution in [-0.4, -0.2) is 36.4 Å². The maximum absolute atomic E-state index is 4.76. The number of aromatic nitrogens is 4. The summed E-state index contributed by atoms with van der Waals surface area (Å²) in [6.07, 6.45) is 26.9. The molecule has 2 aliphatic rings. The van der Waals surface area contributed by atoms with E-state index in [-0.39, 0.29) is 35.3 Å². The van der Waals surface area contributed by atoms with Crippen molar-refractivity contribution >= 4 is 17.2 Å². The number of hydrogen-bond donors (Lipinski definition) is 0. The fourth-order valence-electron chi connectivity index (χ4n) is 5.23. The largest absolute Gasteiger partial charge is 2.00 e. The van der Waals surface area contributed by atoms with Gasteiger partial charge in [0, 0.05) is 24.8 Å². The maximum Gasteiger partial charge on any atom is 2.00 e. The number of nitrogens with zero attached hydrogens (tertiary/aromatic N) is 4. The van der Waals surface area contributed by atoms with Gasteiger partial charge in [0.2, 0.25) is 0 Å². The summed E-state index contributed by atoms with van der Waals surface area (Å²) < 4.78 is 0. The van der Waals surface area contributed by atoms with Crippen molar-refractivity contribution in [1.82, 2.24) is 19.9 Å². The first kappa shape index (κ1) is 33.0. The van der Waals surface area contributed by atoms with Crippen molar-refractivity contribution in [2.75, 3.05) is 6.16 Å². The number of hydrogen-bond acceptors (Lipinski definition) is 4. The van der Waals surface area contributed by atoms with Gasteiger partial charge in [-0.1, -0.05) is 67.2 Å². The van der Waals surface area contributed by atoms with Gasteiger partial charge in [-0.2, -0.15) is 18.2 Å². The van der Waals surface area contributed by atoms with Gasteiger partial charge in [-0.25, -0.2) is 12.1 Å². The number of allylic oxidation sites excluding steroid dienone is 10. The van der Waals surface area contributed by atoms with Crippen molar-refractivity contribution in [1.29, 1.82) is 0 Å². The minimum atomic E-state index is -0.665. The van der Waals surface area contributed by atoms with Crippen LogP contribution < -0.4 is 0 Å². The first-order chi connectivity index (χ1) is 19.0. The molecule has 0 spiro atoms.